The quantitative estimate of drug-likeness (QED) is 0.580. The van der Waals surface area contributed by atoms with Crippen LogP contribution in [0.5, 0.6) is 5.75 Å². The molecule has 0 aliphatic rings. The van der Waals surface area contributed by atoms with E-state index < -0.39 is 18.2 Å². The number of ether oxygens (including phenoxy) is 1. The molecular weight excluding hydrogens is 231 g/mol. The molecule has 0 atom stereocenters. The first-order chi connectivity index (χ1) is 6.85. The van der Waals surface area contributed by atoms with Gasteiger partial charge < -0.3 is 22.9 Å². The maximum atomic E-state index is 5.43. The fourth-order valence-electron chi connectivity index (χ4n) is 0.802. The average molecular weight is 244 g/mol. The van der Waals surface area contributed by atoms with E-state index in [2.05, 4.69) is 13.0 Å². The molecule has 0 fully saturated rings. The van der Waals surface area contributed by atoms with Gasteiger partial charge in [0.25, 0.3) is 0 Å². The maximum absolute atomic E-state index is 5.43. The topological polar surface area (TPSA) is 9.23 Å². The average Bonchev–Trinajstić information content (AvgIpc) is 2.21. The first-order valence-electron chi connectivity index (χ1n) is 4.56. The van der Waals surface area contributed by atoms with Crippen LogP contribution in [0.25, 0.3) is 0 Å². The van der Waals surface area contributed by atoms with Crippen molar-refractivity contribution in [1.29, 1.82) is 0 Å². The second-order valence-corrected chi connectivity index (χ2v) is 5.17. The molecule has 4 heteroatoms. The Balaban J connectivity index is 0.000000500. The van der Waals surface area contributed by atoms with Gasteiger partial charge in [-0.1, -0.05) is 25.5 Å². The van der Waals surface area contributed by atoms with Crippen molar-refractivity contribution in [3.63, 3.8) is 0 Å². The normalized spacial score (nSPS) is 8.21. The van der Waals surface area contributed by atoms with Crippen LogP contribution in [0.15, 0.2) is 24.3 Å². The van der Waals surface area contributed by atoms with Gasteiger partial charge in [0, 0.05) is 0 Å². The van der Waals surface area contributed by atoms with Crippen LogP contribution in [-0.2, 0) is 0 Å². The van der Waals surface area contributed by atoms with Crippen LogP contribution in [0.4, 0.5) is 0 Å². The van der Waals surface area contributed by atoms with Crippen molar-refractivity contribution >= 4 is 36.3 Å². The predicted octanol–water partition coefficient (Wildman–Crippen LogP) is 3.66. The molecule has 0 heterocycles. The molecule has 0 saturated heterocycles. The SMILES string of the molecule is CCCCOc1cc[c]cc1.[Cl][Mg][Cl]. The number of rotatable bonds is 4. The summed E-state index contributed by atoms with van der Waals surface area (Å²) in [6.45, 7) is 2.97. The summed E-state index contributed by atoms with van der Waals surface area (Å²) >= 11 is -0.639. The summed E-state index contributed by atoms with van der Waals surface area (Å²) in [5.41, 5.74) is 0. The molecular formula is C10H13Cl2MgO. The minimum atomic E-state index is -0.639. The zero-order chi connectivity index (χ0) is 10.6. The van der Waals surface area contributed by atoms with Gasteiger partial charge in [-0.25, -0.2) is 0 Å². The summed E-state index contributed by atoms with van der Waals surface area (Å²) in [5.74, 6) is 0.942. The van der Waals surface area contributed by atoms with Gasteiger partial charge >= 0.3 is 18.2 Å². The molecule has 1 rings (SSSR count). The lowest BCUT2D eigenvalue weighted by Crippen LogP contribution is -1.95. The van der Waals surface area contributed by atoms with Crippen molar-refractivity contribution in [3.05, 3.63) is 30.3 Å². The Kier molecular flexibility index (Phi) is 11.7. The van der Waals surface area contributed by atoms with Crippen LogP contribution in [0, 0.1) is 6.07 Å². The van der Waals surface area contributed by atoms with E-state index >= 15 is 0 Å². The summed E-state index contributed by atoms with van der Waals surface area (Å²) in [4.78, 5) is 0. The molecule has 0 saturated carbocycles. The largest absolute Gasteiger partial charge is 0.618 e. The van der Waals surface area contributed by atoms with Gasteiger partial charge in [0.2, 0.25) is 0 Å². The van der Waals surface area contributed by atoms with Gasteiger partial charge in [0.05, 0.1) is 6.61 Å². The van der Waals surface area contributed by atoms with Gasteiger partial charge in [0.15, 0.2) is 0 Å². The minimum Gasteiger partial charge on any atom is -0.494 e. The lowest BCUT2D eigenvalue weighted by atomic mass is 10.3. The standard InChI is InChI=1S/C10H13O.2ClH.Mg/c1-2-3-9-11-10-7-5-4-6-8-10;;;/h5-8H,2-3,9H2,1H3;2*1H;/q;;;+2/p-2. The number of benzene rings is 1. The Bertz CT molecular complexity index is 207. The molecule has 0 bridgehead atoms. The van der Waals surface area contributed by atoms with E-state index in [-0.39, 0.29) is 0 Å². The van der Waals surface area contributed by atoms with Crippen LogP contribution in [-0.4, -0.2) is 24.8 Å². The van der Waals surface area contributed by atoms with E-state index in [0.717, 1.165) is 18.8 Å². The lowest BCUT2D eigenvalue weighted by Gasteiger charge is -2.03. The molecule has 0 spiro atoms. The number of hydrogen-bond acceptors (Lipinski definition) is 1. The molecule has 1 aromatic carbocycles. The zero-order valence-corrected chi connectivity index (χ0v) is 11.2. The minimum absolute atomic E-state index is 0.639. The van der Waals surface area contributed by atoms with Crippen molar-refractivity contribution in [1.82, 2.24) is 0 Å². The summed E-state index contributed by atoms with van der Waals surface area (Å²) in [6.07, 6.45) is 2.30. The molecule has 1 aromatic rings. The van der Waals surface area contributed by atoms with Crippen LogP contribution in [0.2, 0.25) is 0 Å². The molecule has 0 aliphatic heterocycles. The summed E-state index contributed by atoms with van der Waals surface area (Å²) in [7, 11) is 9.81. The molecule has 14 heavy (non-hydrogen) atoms. The third-order valence-electron chi connectivity index (χ3n) is 1.45. The van der Waals surface area contributed by atoms with Gasteiger partial charge in [-0.3, -0.25) is 0 Å². The van der Waals surface area contributed by atoms with E-state index in [9.17, 15) is 0 Å². The van der Waals surface area contributed by atoms with E-state index in [1.807, 2.05) is 24.3 Å². The summed E-state index contributed by atoms with van der Waals surface area (Å²) in [6, 6.07) is 10.5. The Morgan fingerprint density at radius 1 is 1.36 bits per heavy atom. The highest BCUT2D eigenvalue weighted by atomic mass is 35.6. The predicted molar refractivity (Wildman–Crippen MR) is 63.1 cm³/mol. The molecule has 1 radical (unpaired) electrons. The van der Waals surface area contributed by atoms with Crippen molar-refractivity contribution in [2.45, 2.75) is 19.8 Å². The highest BCUT2D eigenvalue weighted by molar-refractivity contribution is 7.22. The second kappa shape index (κ2) is 11.4. The van der Waals surface area contributed by atoms with E-state index in [1.54, 1.807) is 0 Å². The maximum Gasteiger partial charge on any atom is 0.618 e. The van der Waals surface area contributed by atoms with Gasteiger partial charge in [-0.05, 0) is 24.6 Å². The monoisotopic (exact) mass is 243 g/mol. The van der Waals surface area contributed by atoms with Crippen molar-refractivity contribution in [3.8, 4) is 5.75 Å². The van der Waals surface area contributed by atoms with Crippen LogP contribution in [0.1, 0.15) is 19.8 Å². The Labute approximate surface area is 103 Å². The molecule has 75 valence electrons. The molecule has 1 nitrogen and oxygen atoms in total. The van der Waals surface area contributed by atoms with E-state index in [0.29, 0.717) is 0 Å². The van der Waals surface area contributed by atoms with Gasteiger partial charge in [0.1, 0.15) is 5.75 Å². The fraction of sp³-hybridized carbons (Fsp3) is 0.400. The third-order valence-corrected chi connectivity index (χ3v) is 1.45. The first-order valence-corrected chi connectivity index (χ1v) is 8.83. The highest BCUT2D eigenvalue weighted by Gasteiger charge is 1.88. The van der Waals surface area contributed by atoms with E-state index in [1.165, 1.54) is 6.42 Å². The molecule has 0 amide bonds. The highest BCUT2D eigenvalue weighted by Crippen LogP contribution is 2.08. The van der Waals surface area contributed by atoms with E-state index in [4.69, 9.17) is 22.9 Å². The van der Waals surface area contributed by atoms with Crippen LogP contribution < -0.4 is 4.74 Å². The Morgan fingerprint density at radius 2 is 1.93 bits per heavy atom. The number of unbranched alkanes of at least 4 members (excludes halogenated alkanes) is 1. The van der Waals surface area contributed by atoms with Gasteiger partial charge in [-0.2, -0.15) is 0 Å². The summed E-state index contributed by atoms with van der Waals surface area (Å²) in [5, 5.41) is 0. The Hall–Kier alpha value is 0.366. The molecule has 0 aliphatic carbocycles. The van der Waals surface area contributed by atoms with Crippen molar-refractivity contribution < 1.29 is 4.74 Å². The first kappa shape index (κ1) is 14.4. The fourth-order valence-corrected chi connectivity index (χ4v) is 0.802. The molecule has 0 aromatic heterocycles. The molecule has 0 unspecified atom stereocenters. The summed E-state index contributed by atoms with van der Waals surface area (Å²) < 4.78 is 5.43. The van der Waals surface area contributed by atoms with Crippen molar-refractivity contribution in [2.24, 2.45) is 0 Å². The van der Waals surface area contributed by atoms with Crippen LogP contribution in [0.3, 0.4) is 0 Å². The third kappa shape index (κ3) is 8.94. The van der Waals surface area contributed by atoms with Crippen molar-refractivity contribution in [2.75, 3.05) is 6.61 Å². The lowest BCUT2D eigenvalue weighted by molar-refractivity contribution is 0.309. The Morgan fingerprint density at radius 3 is 2.43 bits per heavy atom. The molecule has 0 N–H and O–H groups in total. The van der Waals surface area contributed by atoms with Crippen LogP contribution >= 0.6 is 18.1 Å². The van der Waals surface area contributed by atoms with Gasteiger partial charge in [-0.15, -0.1) is 0 Å². The number of halogens is 2. The second-order valence-electron chi connectivity index (χ2n) is 2.54. The zero-order valence-electron chi connectivity index (χ0n) is 8.30. The number of hydrogen-bond donors (Lipinski definition) is 0. The smallest absolute Gasteiger partial charge is 0.494 e.